The van der Waals surface area contributed by atoms with Gasteiger partial charge in [-0.2, -0.15) is 4.98 Å². The van der Waals surface area contributed by atoms with E-state index < -0.39 is 0 Å². The van der Waals surface area contributed by atoms with Crippen molar-refractivity contribution in [2.75, 3.05) is 51.1 Å². The van der Waals surface area contributed by atoms with Crippen LogP contribution in [0.2, 0.25) is 0 Å². The van der Waals surface area contributed by atoms with Crippen LogP contribution in [-0.2, 0) is 6.54 Å². The summed E-state index contributed by atoms with van der Waals surface area (Å²) in [6, 6.07) is 10.8. The molecule has 1 aromatic carbocycles. The van der Waals surface area contributed by atoms with Gasteiger partial charge in [-0.25, -0.2) is 4.98 Å². The van der Waals surface area contributed by atoms with Crippen molar-refractivity contribution in [2.24, 2.45) is 0 Å². The van der Waals surface area contributed by atoms with E-state index in [9.17, 15) is 0 Å². The van der Waals surface area contributed by atoms with Gasteiger partial charge in [-0.15, -0.1) is 0 Å². The monoisotopic (exact) mass is 355 g/mol. The Bertz CT molecular complexity index is 713. The van der Waals surface area contributed by atoms with Gasteiger partial charge in [-0.1, -0.05) is 18.2 Å². The lowest BCUT2D eigenvalue weighted by atomic mass is 10.0. The molecule has 2 heterocycles. The molecule has 0 unspecified atom stereocenters. The van der Waals surface area contributed by atoms with Crippen LogP contribution in [0.3, 0.4) is 0 Å². The lowest BCUT2D eigenvalue weighted by molar-refractivity contribution is 0.201. The number of hydrogen-bond donors (Lipinski definition) is 0. The zero-order chi connectivity index (χ0) is 18.5. The van der Waals surface area contributed by atoms with Crippen molar-refractivity contribution in [3.05, 3.63) is 42.1 Å². The maximum Gasteiger partial charge on any atom is 0.226 e. The third-order valence-corrected chi connectivity index (χ3v) is 5.08. The summed E-state index contributed by atoms with van der Waals surface area (Å²) >= 11 is 0. The summed E-state index contributed by atoms with van der Waals surface area (Å²) in [5.41, 5.74) is 1.26. The van der Waals surface area contributed by atoms with Gasteiger partial charge in [0.2, 0.25) is 5.95 Å². The van der Waals surface area contributed by atoms with Crippen molar-refractivity contribution in [3.63, 3.8) is 0 Å². The fourth-order valence-corrected chi connectivity index (χ4v) is 3.48. The molecular formula is C20H29N5O. The van der Waals surface area contributed by atoms with Gasteiger partial charge >= 0.3 is 0 Å². The SMILES string of the molecule is COc1ccccc1CN1CCC(N(C)c2ccnc(N(C)C)n2)CC1. The first-order valence-corrected chi connectivity index (χ1v) is 9.16. The first-order chi connectivity index (χ1) is 12.6. The number of ether oxygens (including phenoxy) is 1. The third kappa shape index (κ3) is 4.25. The minimum Gasteiger partial charge on any atom is -0.496 e. The van der Waals surface area contributed by atoms with Crippen LogP contribution >= 0.6 is 0 Å². The predicted molar refractivity (Wildman–Crippen MR) is 106 cm³/mol. The molecule has 0 atom stereocenters. The van der Waals surface area contributed by atoms with Crippen molar-refractivity contribution >= 4 is 11.8 Å². The van der Waals surface area contributed by atoms with Crippen molar-refractivity contribution < 1.29 is 4.74 Å². The second-order valence-corrected chi connectivity index (χ2v) is 7.04. The highest BCUT2D eigenvalue weighted by Crippen LogP contribution is 2.24. The zero-order valence-corrected chi connectivity index (χ0v) is 16.2. The molecule has 6 heteroatoms. The van der Waals surface area contributed by atoms with E-state index in [0.29, 0.717) is 6.04 Å². The van der Waals surface area contributed by atoms with Gasteiger partial charge in [0, 0.05) is 58.6 Å². The summed E-state index contributed by atoms with van der Waals surface area (Å²) < 4.78 is 5.48. The predicted octanol–water partition coefficient (Wildman–Crippen LogP) is 2.65. The smallest absolute Gasteiger partial charge is 0.226 e. The molecule has 26 heavy (non-hydrogen) atoms. The highest BCUT2D eigenvalue weighted by Gasteiger charge is 2.24. The van der Waals surface area contributed by atoms with Crippen LogP contribution in [-0.4, -0.2) is 62.3 Å². The number of benzene rings is 1. The van der Waals surface area contributed by atoms with Gasteiger partial charge < -0.3 is 14.5 Å². The van der Waals surface area contributed by atoms with Gasteiger partial charge in [0.15, 0.2) is 0 Å². The summed E-state index contributed by atoms with van der Waals surface area (Å²) in [6.45, 7) is 3.11. The Hall–Kier alpha value is -2.34. The molecule has 3 rings (SSSR count). The average molecular weight is 355 g/mol. The maximum absolute atomic E-state index is 5.48. The van der Waals surface area contributed by atoms with Crippen LogP contribution in [0.25, 0.3) is 0 Å². The number of para-hydroxylation sites is 1. The molecular weight excluding hydrogens is 326 g/mol. The number of nitrogens with zero attached hydrogens (tertiary/aromatic N) is 5. The molecule has 0 spiro atoms. The molecule has 0 aliphatic carbocycles. The number of methoxy groups -OCH3 is 1. The Balaban J connectivity index is 1.59. The molecule has 0 amide bonds. The molecule has 1 aliphatic heterocycles. The molecule has 1 fully saturated rings. The topological polar surface area (TPSA) is 44.7 Å². The molecule has 1 saturated heterocycles. The lowest BCUT2D eigenvalue weighted by Gasteiger charge is -2.37. The van der Waals surface area contributed by atoms with Crippen molar-refractivity contribution in [1.29, 1.82) is 0 Å². The zero-order valence-electron chi connectivity index (χ0n) is 16.2. The van der Waals surface area contributed by atoms with Gasteiger partial charge in [-0.05, 0) is 25.0 Å². The normalized spacial score (nSPS) is 15.7. The molecule has 1 aliphatic rings. The van der Waals surface area contributed by atoms with Crippen molar-refractivity contribution in [2.45, 2.75) is 25.4 Å². The lowest BCUT2D eigenvalue weighted by Crippen LogP contribution is -2.43. The number of aromatic nitrogens is 2. The Kier molecular flexibility index (Phi) is 5.93. The second kappa shape index (κ2) is 8.36. The van der Waals surface area contributed by atoms with Crippen LogP contribution in [0, 0.1) is 0 Å². The second-order valence-electron chi connectivity index (χ2n) is 7.04. The highest BCUT2D eigenvalue weighted by atomic mass is 16.5. The third-order valence-electron chi connectivity index (χ3n) is 5.08. The van der Waals surface area contributed by atoms with E-state index >= 15 is 0 Å². The standard InChI is InChI=1S/C20H29N5O/c1-23(2)20-21-12-9-19(22-20)24(3)17-10-13-25(14-11-17)15-16-7-5-6-8-18(16)26-4/h5-9,12,17H,10-11,13-15H2,1-4H3. The maximum atomic E-state index is 5.48. The number of piperidine rings is 1. The van der Waals surface area contributed by atoms with E-state index in [1.807, 2.05) is 43.4 Å². The van der Waals surface area contributed by atoms with E-state index in [1.165, 1.54) is 5.56 Å². The summed E-state index contributed by atoms with van der Waals surface area (Å²) in [5.74, 6) is 2.72. The largest absolute Gasteiger partial charge is 0.496 e. The molecule has 6 nitrogen and oxygen atoms in total. The minimum absolute atomic E-state index is 0.508. The molecule has 0 bridgehead atoms. The Morgan fingerprint density at radius 2 is 1.85 bits per heavy atom. The highest BCUT2D eigenvalue weighted by molar-refractivity contribution is 5.43. The summed E-state index contributed by atoms with van der Waals surface area (Å²) in [4.78, 5) is 15.7. The van der Waals surface area contributed by atoms with Crippen LogP contribution < -0.4 is 14.5 Å². The molecule has 0 radical (unpaired) electrons. The van der Waals surface area contributed by atoms with E-state index in [1.54, 1.807) is 7.11 Å². The van der Waals surface area contributed by atoms with Gasteiger partial charge in [0.1, 0.15) is 11.6 Å². The quantitative estimate of drug-likeness (QED) is 0.794. The first-order valence-electron chi connectivity index (χ1n) is 9.16. The summed E-state index contributed by atoms with van der Waals surface area (Å²) in [7, 11) is 7.82. The van der Waals surface area contributed by atoms with E-state index in [2.05, 4.69) is 38.9 Å². The number of anilines is 2. The Labute approximate surface area is 156 Å². The van der Waals surface area contributed by atoms with Gasteiger partial charge in [0.05, 0.1) is 7.11 Å². The van der Waals surface area contributed by atoms with Crippen LogP contribution in [0.15, 0.2) is 36.5 Å². The summed E-state index contributed by atoms with van der Waals surface area (Å²) in [5, 5.41) is 0. The van der Waals surface area contributed by atoms with E-state index in [4.69, 9.17) is 4.74 Å². The molecule has 1 aromatic heterocycles. The number of likely N-dealkylation sites (tertiary alicyclic amines) is 1. The van der Waals surface area contributed by atoms with Gasteiger partial charge in [0.25, 0.3) is 0 Å². The number of hydrogen-bond acceptors (Lipinski definition) is 6. The minimum atomic E-state index is 0.508. The van der Waals surface area contributed by atoms with E-state index in [-0.39, 0.29) is 0 Å². The van der Waals surface area contributed by atoms with Gasteiger partial charge in [-0.3, -0.25) is 4.90 Å². The molecule has 0 N–H and O–H groups in total. The average Bonchev–Trinajstić information content (AvgIpc) is 2.68. The Morgan fingerprint density at radius 1 is 1.12 bits per heavy atom. The molecule has 140 valence electrons. The van der Waals surface area contributed by atoms with Crippen LogP contribution in [0.1, 0.15) is 18.4 Å². The Morgan fingerprint density at radius 3 is 2.54 bits per heavy atom. The van der Waals surface area contributed by atoms with E-state index in [0.717, 1.165) is 50.0 Å². The summed E-state index contributed by atoms with van der Waals surface area (Å²) in [6.07, 6.45) is 4.10. The molecule has 0 saturated carbocycles. The number of rotatable bonds is 6. The van der Waals surface area contributed by atoms with Crippen LogP contribution in [0.5, 0.6) is 5.75 Å². The van der Waals surface area contributed by atoms with Crippen LogP contribution in [0.4, 0.5) is 11.8 Å². The molecule has 2 aromatic rings. The fraction of sp³-hybridized carbons (Fsp3) is 0.500. The van der Waals surface area contributed by atoms with Crippen molar-refractivity contribution in [3.8, 4) is 5.75 Å². The van der Waals surface area contributed by atoms with Crippen molar-refractivity contribution in [1.82, 2.24) is 14.9 Å². The first kappa shape index (κ1) is 18.5. The fourth-order valence-electron chi connectivity index (χ4n) is 3.48.